The summed E-state index contributed by atoms with van der Waals surface area (Å²) in [5, 5.41) is 2.13. The largest absolute Gasteiger partial charge is 0.486 e. The number of rotatable bonds is 11. The summed E-state index contributed by atoms with van der Waals surface area (Å²) in [7, 11) is 0. The van der Waals surface area contributed by atoms with E-state index in [4.69, 9.17) is 55.9 Å². The number of hydrogen-bond donors (Lipinski definition) is 0. The lowest BCUT2D eigenvalue weighted by Gasteiger charge is -2.19. The van der Waals surface area contributed by atoms with E-state index in [-0.39, 0.29) is 25.5 Å². The van der Waals surface area contributed by atoms with E-state index in [1.165, 1.54) is 0 Å². The molecule has 0 bridgehead atoms. The van der Waals surface area contributed by atoms with Crippen molar-refractivity contribution in [3.63, 3.8) is 0 Å². The zero-order valence-electron chi connectivity index (χ0n) is 19.1. The summed E-state index contributed by atoms with van der Waals surface area (Å²) in [5.74, 6) is 0.613. The minimum atomic E-state index is -0.403. The molecule has 0 aliphatic carbocycles. The van der Waals surface area contributed by atoms with E-state index >= 15 is 0 Å². The first-order valence-electron chi connectivity index (χ1n) is 11.1. The van der Waals surface area contributed by atoms with Gasteiger partial charge in [0, 0.05) is 25.7 Å². The number of halogens is 4. The molecule has 0 fully saturated rings. The van der Waals surface area contributed by atoms with Crippen molar-refractivity contribution in [1.82, 2.24) is 4.57 Å². The summed E-state index contributed by atoms with van der Waals surface area (Å²) >= 11 is 24.9. The van der Waals surface area contributed by atoms with Crippen LogP contribution in [-0.2, 0) is 29.2 Å². The lowest BCUT2D eigenvalue weighted by atomic mass is 10.1. The quantitative estimate of drug-likeness (QED) is 0.184. The first-order chi connectivity index (χ1) is 17.4. The molecule has 0 amide bonds. The van der Waals surface area contributed by atoms with Crippen LogP contribution in [0.15, 0.2) is 85.5 Å². The SMILES string of the molecule is O=C(COc1ccccc1)C[n+]1ccn(CC(OCc2ccc(Cl)cc2Cl)c2ccc(Cl)cc2Cl)c1. The molecule has 0 N–H and O–H groups in total. The van der Waals surface area contributed by atoms with Crippen LogP contribution in [-0.4, -0.2) is 17.0 Å². The van der Waals surface area contributed by atoms with Crippen LogP contribution in [0.2, 0.25) is 20.1 Å². The summed E-state index contributed by atoms with van der Waals surface area (Å²) in [6.07, 6.45) is 5.15. The Morgan fingerprint density at radius 1 is 0.917 bits per heavy atom. The first-order valence-corrected chi connectivity index (χ1v) is 12.6. The van der Waals surface area contributed by atoms with Crippen LogP contribution in [0.5, 0.6) is 5.75 Å². The molecule has 0 saturated heterocycles. The molecule has 1 heterocycles. The summed E-state index contributed by atoms with van der Waals surface area (Å²) in [4.78, 5) is 12.4. The Morgan fingerprint density at radius 3 is 2.36 bits per heavy atom. The normalized spacial score (nSPS) is 11.9. The van der Waals surface area contributed by atoms with E-state index in [9.17, 15) is 4.79 Å². The van der Waals surface area contributed by atoms with E-state index in [2.05, 4.69) is 0 Å². The van der Waals surface area contributed by atoms with Gasteiger partial charge in [-0.1, -0.05) is 76.7 Å². The zero-order chi connectivity index (χ0) is 25.5. The highest BCUT2D eigenvalue weighted by atomic mass is 35.5. The van der Waals surface area contributed by atoms with E-state index in [0.717, 1.165) is 11.1 Å². The fraction of sp³-hybridized carbons (Fsp3) is 0.185. The monoisotopic (exact) mass is 563 g/mol. The number of para-hydroxylation sites is 1. The smallest absolute Gasteiger partial charge is 0.244 e. The van der Waals surface area contributed by atoms with Gasteiger partial charge in [0.15, 0.2) is 13.2 Å². The number of carbonyl (C=O) groups is 1. The van der Waals surface area contributed by atoms with Gasteiger partial charge in [-0.3, -0.25) is 4.79 Å². The number of benzene rings is 3. The molecule has 1 aromatic heterocycles. The number of imidazole rings is 1. The molecular weight excluding hydrogens is 542 g/mol. The zero-order valence-corrected chi connectivity index (χ0v) is 22.1. The molecule has 0 saturated carbocycles. The van der Waals surface area contributed by atoms with E-state index in [1.54, 1.807) is 28.8 Å². The van der Waals surface area contributed by atoms with Gasteiger partial charge in [0.05, 0.1) is 6.61 Å². The molecule has 1 unspecified atom stereocenters. The average Bonchev–Trinajstić information content (AvgIpc) is 3.29. The second kappa shape index (κ2) is 12.6. The highest BCUT2D eigenvalue weighted by Crippen LogP contribution is 2.31. The maximum atomic E-state index is 12.4. The Kier molecular flexibility index (Phi) is 9.30. The van der Waals surface area contributed by atoms with Crippen molar-refractivity contribution in [1.29, 1.82) is 0 Å². The van der Waals surface area contributed by atoms with Gasteiger partial charge in [-0.15, -0.1) is 0 Å². The molecule has 0 aliphatic heterocycles. The van der Waals surface area contributed by atoms with E-state index in [0.29, 0.717) is 32.4 Å². The van der Waals surface area contributed by atoms with Crippen LogP contribution in [0.3, 0.4) is 0 Å². The van der Waals surface area contributed by atoms with Gasteiger partial charge in [0.1, 0.15) is 30.8 Å². The molecule has 36 heavy (non-hydrogen) atoms. The van der Waals surface area contributed by atoms with Crippen LogP contribution in [0.25, 0.3) is 0 Å². The number of carbonyl (C=O) groups excluding carboxylic acids is 1. The van der Waals surface area contributed by atoms with Crippen molar-refractivity contribution in [2.75, 3.05) is 6.61 Å². The maximum absolute atomic E-state index is 12.4. The van der Waals surface area contributed by atoms with E-state index < -0.39 is 6.10 Å². The molecule has 4 rings (SSSR count). The average molecular weight is 565 g/mol. The predicted molar refractivity (Wildman–Crippen MR) is 142 cm³/mol. The molecule has 0 radical (unpaired) electrons. The van der Waals surface area contributed by atoms with Crippen LogP contribution in [0, 0.1) is 0 Å². The minimum Gasteiger partial charge on any atom is -0.486 e. The minimum absolute atomic E-state index is 0.00381. The lowest BCUT2D eigenvalue weighted by molar-refractivity contribution is -0.683. The fourth-order valence-corrected chi connectivity index (χ4v) is 4.59. The molecule has 5 nitrogen and oxygen atoms in total. The Bertz CT molecular complexity index is 1330. The summed E-state index contributed by atoms with van der Waals surface area (Å²) < 4.78 is 15.5. The van der Waals surface area contributed by atoms with Crippen molar-refractivity contribution < 1.29 is 18.8 Å². The second-order valence-corrected chi connectivity index (χ2v) is 9.81. The van der Waals surface area contributed by atoms with Gasteiger partial charge < -0.3 is 9.47 Å². The third-order valence-corrected chi connectivity index (χ3v) is 6.54. The molecular formula is C27H23Cl4N2O3+. The van der Waals surface area contributed by atoms with Gasteiger partial charge in [0.2, 0.25) is 12.1 Å². The standard InChI is InChI=1S/C27H23Cl4N2O3/c28-20-7-6-19(25(30)12-20)16-36-27(24-9-8-21(29)13-26(24)31)15-33-11-10-32(18-33)14-22(34)17-35-23-4-2-1-3-5-23/h1-13,18,27H,14-17H2/q+1. The van der Waals surface area contributed by atoms with Gasteiger partial charge in [-0.25, -0.2) is 9.13 Å². The topological polar surface area (TPSA) is 44.3 Å². The second-order valence-electron chi connectivity index (χ2n) is 8.12. The predicted octanol–water partition coefficient (Wildman–Crippen LogP) is 7.00. The van der Waals surface area contributed by atoms with Crippen molar-refractivity contribution in [2.24, 2.45) is 0 Å². The highest BCUT2D eigenvalue weighted by molar-refractivity contribution is 6.35. The van der Waals surface area contributed by atoms with E-state index in [1.807, 2.05) is 65.8 Å². The van der Waals surface area contributed by atoms with Crippen LogP contribution >= 0.6 is 46.4 Å². The Morgan fingerprint density at radius 2 is 1.64 bits per heavy atom. The van der Waals surface area contributed by atoms with Crippen molar-refractivity contribution >= 4 is 52.2 Å². The van der Waals surface area contributed by atoms with Crippen LogP contribution in [0.4, 0.5) is 0 Å². The van der Waals surface area contributed by atoms with Crippen molar-refractivity contribution in [3.05, 3.63) is 117 Å². The van der Waals surface area contributed by atoms with Crippen LogP contribution < -0.4 is 9.30 Å². The summed E-state index contributed by atoms with van der Waals surface area (Å²) in [5.41, 5.74) is 1.60. The van der Waals surface area contributed by atoms with Crippen LogP contribution in [0.1, 0.15) is 17.2 Å². The third-order valence-electron chi connectivity index (χ3n) is 5.39. The van der Waals surface area contributed by atoms with Gasteiger partial charge in [0.25, 0.3) is 0 Å². The van der Waals surface area contributed by atoms with Gasteiger partial charge in [-0.05, 0) is 42.0 Å². The molecule has 186 valence electrons. The van der Waals surface area contributed by atoms with Gasteiger partial charge >= 0.3 is 0 Å². The number of nitrogens with zero attached hydrogens (tertiary/aromatic N) is 2. The number of Topliss-reactive ketones (excluding diaryl/α,β-unsaturated/α-hetero) is 1. The molecule has 9 heteroatoms. The maximum Gasteiger partial charge on any atom is 0.244 e. The number of ether oxygens (including phenoxy) is 2. The highest BCUT2D eigenvalue weighted by Gasteiger charge is 2.21. The number of aromatic nitrogens is 2. The molecule has 3 aromatic carbocycles. The van der Waals surface area contributed by atoms with Crippen molar-refractivity contribution in [3.8, 4) is 5.75 Å². The first kappa shape index (κ1) is 26.5. The molecule has 1 atom stereocenters. The molecule has 0 spiro atoms. The lowest BCUT2D eigenvalue weighted by Crippen LogP contribution is -2.37. The summed E-state index contributed by atoms with van der Waals surface area (Å²) in [6, 6.07) is 19.8. The Labute approximate surface area is 229 Å². The summed E-state index contributed by atoms with van der Waals surface area (Å²) in [6.45, 7) is 0.897. The van der Waals surface area contributed by atoms with Gasteiger partial charge in [-0.2, -0.15) is 0 Å². The molecule has 0 aliphatic rings. The molecule has 4 aromatic rings. The third kappa shape index (κ3) is 7.48. The fourth-order valence-electron chi connectivity index (χ4n) is 3.59. The Hall–Kier alpha value is -2.54. The van der Waals surface area contributed by atoms with Crippen molar-refractivity contribution in [2.45, 2.75) is 25.8 Å². The Balaban J connectivity index is 1.43. The number of hydrogen-bond acceptors (Lipinski definition) is 3. The number of ketones is 1.